The Kier molecular flexibility index (Phi) is 5.93. The Morgan fingerprint density at radius 1 is 0.938 bits per heavy atom. The lowest BCUT2D eigenvalue weighted by atomic mass is 9.78. The predicted octanol–water partition coefficient (Wildman–Crippen LogP) is 5.76. The van der Waals surface area contributed by atoms with Gasteiger partial charge < -0.3 is 9.84 Å². The molecule has 0 spiro atoms. The molecule has 2 saturated heterocycles. The van der Waals surface area contributed by atoms with Gasteiger partial charge in [0, 0.05) is 30.5 Å². The number of piperidine rings is 1. The van der Waals surface area contributed by atoms with Crippen molar-refractivity contribution in [1.82, 2.24) is 4.90 Å². The van der Waals surface area contributed by atoms with Gasteiger partial charge in [-0.25, -0.2) is 4.39 Å². The van der Waals surface area contributed by atoms with Crippen LogP contribution in [0.3, 0.4) is 0 Å². The van der Waals surface area contributed by atoms with Crippen LogP contribution in [-0.2, 0) is 6.54 Å². The van der Waals surface area contributed by atoms with Crippen LogP contribution in [0.15, 0.2) is 72.8 Å². The van der Waals surface area contributed by atoms with Crippen molar-refractivity contribution in [1.29, 1.82) is 0 Å². The lowest BCUT2D eigenvalue weighted by Gasteiger charge is -2.38. The summed E-state index contributed by atoms with van der Waals surface area (Å²) >= 11 is 6.21. The Morgan fingerprint density at radius 3 is 2.19 bits per heavy atom. The number of rotatable bonds is 5. The van der Waals surface area contributed by atoms with Crippen LogP contribution in [0.5, 0.6) is 5.75 Å². The fourth-order valence-electron chi connectivity index (χ4n) is 5.79. The highest BCUT2D eigenvalue weighted by Gasteiger charge is 2.53. The number of aliphatic hydroxyl groups is 1. The summed E-state index contributed by atoms with van der Waals surface area (Å²) in [6, 6.07) is 24.1. The van der Waals surface area contributed by atoms with Crippen molar-refractivity contribution >= 4 is 11.6 Å². The summed E-state index contributed by atoms with van der Waals surface area (Å²) in [7, 11) is 1.67. The van der Waals surface area contributed by atoms with E-state index in [-0.39, 0.29) is 35.0 Å². The molecule has 1 N–H and O–H groups in total. The summed E-state index contributed by atoms with van der Waals surface area (Å²) in [5.41, 5.74) is 3.48. The monoisotopic (exact) mass is 451 g/mol. The Bertz CT molecular complexity index is 1070. The van der Waals surface area contributed by atoms with E-state index in [0.29, 0.717) is 12.8 Å². The van der Waals surface area contributed by atoms with Gasteiger partial charge in [-0.1, -0.05) is 60.1 Å². The molecule has 5 rings (SSSR count). The molecular formula is C27H27ClFNO2. The second-order valence-corrected chi connectivity index (χ2v) is 9.32. The summed E-state index contributed by atoms with van der Waals surface area (Å²) in [5, 5.41) is 10.9. The van der Waals surface area contributed by atoms with Gasteiger partial charge in [0.05, 0.1) is 18.2 Å². The largest absolute Gasteiger partial charge is 0.497 e. The van der Waals surface area contributed by atoms with Crippen molar-refractivity contribution in [2.45, 2.75) is 49.4 Å². The Hall–Kier alpha value is -2.40. The normalized spacial score (nSPS) is 27.4. The summed E-state index contributed by atoms with van der Waals surface area (Å²) in [5.74, 6) is 0.677. The minimum atomic E-state index is -0.404. The molecule has 2 heterocycles. The molecule has 0 aromatic heterocycles. The van der Waals surface area contributed by atoms with Crippen molar-refractivity contribution in [2.24, 2.45) is 0 Å². The lowest BCUT2D eigenvalue weighted by Crippen LogP contribution is -2.45. The maximum Gasteiger partial charge on any atom is 0.141 e. The summed E-state index contributed by atoms with van der Waals surface area (Å²) in [6.07, 6.45) is 1.06. The van der Waals surface area contributed by atoms with E-state index in [9.17, 15) is 9.50 Å². The number of aliphatic hydroxyl groups excluding tert-OH is 1. The molecule has 5 heteroatoms. The number of hydrogen-bond acceptors (Lipinski definition) is 3. The van der Waals surface area contributed by atoms with Gasteiger partial charge in [-0.15, -0.1) is 0 Å². The van der Waals surface area contributed by atoms with Gasteiger partial charge in [-0.2, -0.15) is 0 Å². The van der Waals surface area contributed by atoms with Crippen molar-refractivity contribution in [3.8, 4) is 5.75 Å². The second-order valence-electron chi connectivity index (χ2n) is 8.92. The molecule has 3 nitrogen and oxygen atoms in total. The molecule has 166 valence electrons. The first-order valence-corrected chi connectivity index (χ1v) is 11.5. The van der Waals surface area contributed by atoms with E-state index >= 15 is 0 Å². The van der Waals surface area contributed by atoms with Crippen LogP contribution in [0.4, 0.5) is 4.39 Å². The minimum Gasteiger partial charge on any atom is -0.497 e. The maximum absolute atomic E-state index is 14.0. The molecule has 2 fully saturated rings. The third-order valence-corrected chi connectivity index (χ3v) is 7.42. The molecule has 2 bridgehead atoms. The molecule has 0 amide bonds. The van der Waals surface area contributed by atoms with Gasteiger partial charge in [-0.05, 0) is 53.8 Å². The Morgan fingerprint density at radius 2 is 1.56 bits per heavy atom. The highest BCUT2D eigenvalue weighted by atomic mass is 35.5. The van der Waals surface area contributed by atoms with Crippen LogP contribution in [0.1, 0.15) is 41.4 Å². The van der Waals surface area contributed by atoms with Gasteiger partial charge in [0.2, 0.25) is 0 Å². The van der Waals surface area contributed by atoms with Crippen LogP contribution in [0.25, 0.3) is 0 Å². The van der Waals surface area contributed by atoms with E-state index in [1.807, 2.05) is 24.3 Å². The standard InChI is InChI=1S/C27H27ClFNO2/c1-32-21-10-7-18(8-11-21)26-24-14-20(31)15-25(30(24)16-17-5-3-2-4-6-17)27(26)19-9-12-23(29)22(28)13-19/h2-13,20,24-27,31H,14-16H2,1H3/t20-,24-,25+,26-,27+/m1/s1. The van der Waals surface area contributed by atoms with Crippen LogP contribution in [0.2, 0.25) is 5.02 Å². The number of methoxy groups -OCH3 is 1. The van der Waals surface area contributed by atoms with Crippen LogP contribution < -0.4 is 4.74 Å². The molecule has 0 radical (unpaired) electrons. The maximum atomic E-state index is 14.0. The van der Waals surface area contributed by atoms with Gasteiger partial charge in [0.1, 0.15) is 11.6 Å². The molecule has 32 heavy (non-hydrogen) atoms. The smallest absolute Gasteiger partial charge is 0.141 e. The average Bonchev–Trinajstić information content (AvgIpc) is 2.98. The van der Waals surface area contributed by atoms with Crippen LogP contribution in [-0.4, -0.2) is 35.3 Å². The third kappa shape index (κ3) is 3.92. The highest BCUT2D eigenvalue weighted by molar-refractivity contribution is 6.30. The van der Waals surface area contributed by atoms with E-state index in [0.717, 1.165) is 17.9 Å². The quantitative estimate of drug-likeness (QED) is 0.535. The van der Waals surface area contributed by atoms with Crippen molar-refractivity contribution in [2.75, 3.05) is 7.11 Å². The first-order chi connectivity index (χ1) is 15.5. The van der Waals surface area contributed by atoms with Gasteiger partial charge in [0.15, 0.2) is 0 Å². The topological polar surface area (TPSA) is 32.7 Å². The van der Waals surface area contributed by atoms with Crippen molar-refractivity contribution < 1.29 is 14.2 Å². The zero-order valence-corrected chi connectivity index (χ0v) is 18.8. The van der Waals surface area contributed by atoms with Crippen LogP contribution in [0, 0.1) is 5.82 Å². The summed E-state index contributed by atoms with van der Waals surface area (Å²) < 4.78 is 19.4. The zero-order valence-electron chi connectivity index (χ0n) is 18.0. The van der Waals surface area contributed by atoms with E-state index in [1.165, 1.54) is 17.2 Å². The van der Waals surface area contributed by atoms with E-state index in [4.69, 9.17) is 16.3 Å². The van der Waals surface area contributed by atoms with Crippen LogP contribution >= 0.6 is 11.6 Å². The van der Waals surface area contributed by atoms with Crippen molar-refractivity contribution in [3.63, 3.8) is 0 Å². The van der Waals surface area contributed by atoms with Gasteiger partial charge >= 0.3 is 0 Å². The molecule has 2 aliphatic rings. The first-order valence-electron chi connectivity index (χ1n) is 11.1. The molecule has 0 saturated carbocycles. The molecule has 2 aliphatic heterocycles. The Labute approximate surface area is 193 Å². The predicted molar refractivity (Wildman–Crippen MR) is 125 cm³/mol. The molecular weight excluding hydrogens is 425 g/mol. The number of ether oxygens (including phenoxy) is 1. The fraction of sp³-hybridized carbons (Fsp3) is 0.333. The number of halogens is 2. The minimum absolute atomic E-state index is 0.104. The number of benzene rings is 3. The van der Waals surface area contributed by atoms with E-state index in [2.05, 4.69) is 41.3 Å². The zero-order chi connectivity index (χ0) is 22.2. The number of fused-ring (bicyclic) bond motifs is 2. The average molecular weight is 452 g/mol. The van der Waals surface area contributed by atoms with E-state index < -0.39 is 5.82 Å². The second kappa shape index (κ2) is 8.86. The van der Waals surface area contributed by atoms with E-state index in [1.54, 1.807) is 13.2 Å². The van der Waals surface area contributed by atoms with Gasteiger partial charge in [-0.3, -0.25) is 4.90 Å². The summed E-state index contributed by atoms with van der Waals surface area (Å²) in [6.45, 7) is 0.820. The molecule has 0 aliphatic carbocycles. The molecule has 5 atom stereocenters. The Balaban J connectivity index is 1.60. The van der Waals surface area contributed by atoms with Gasteiger partial charge in [0.25, 0.3) is 0 Å². The molecule has 0 unspecified atom stereocenters. The van der Waals surface area contributed by atoms with Crippen molar-refractivity contribution in [3.05, 3.63) is 100 Å². The number of hydrogen-bond donors (Lipinski definition) is 1. The lowest BCUT2D eigenvalue weighted by molar-refractivity contribution is 0.0269. The summed E-state index contributed by atoms with van der Waals surface area (Å²) in [4.78, 5) is 2.54. The fourth-order valence-corrected chi connectivity index (χ4v) is 5.98. The number of nitrogens with zero attached hydrogens (tertiary/aromatic N) is 1. The molecule has 3 aromatic carbocycles. The first kappa shape index (κ1) is 21.4. The third-order valence-electron chi connectivity index (χ3n) is 7.13. The highest BCUT2D eigenvalue weighted by Crippen LogP contribution is 2.54. The SMILES string of the molecule is COc1ccc([C@H]2[C@@H](c3ccc(F)c(Cl)c3)[C@@H]3C[C@H](O)C[C@H]2N3Cc2ccccc2)cc1. The molecule has 3 aromatic rings.